The van der Waals surface area contributed by atoms with Gasteiger partial charge in [-0.25, -0.2) is 0 Å². The lowest BCUT2D eigenvalue weighted by molar-refractivity contribution is 0.155. The number of benzene rings is 1. The van der Waals surface area contributed by atoms with E-state index in [1.165, 1.54) is 12.0 Å². The molecule has 0 aliphatic rings. The summed E-state index contributed by atoms with van der Waals surface area (Å²) in [6.07, 6.45) is 3.41. The molecule has 0 aromatic heterocycles. The minimum Gasteiger partial charge on any atom is -0.383 e. The van der Waals surface area contributed by atoms with Crippen molar-refractivity contribution in [2.24, 2.45) is 0 Å². The van der Waals surface area contributed by atoms with Crippen LogP contribution in [0.25, 0.3) is 0 Å². The molecule has 0 aliphatic heterocycles. The maximum atomic E-state index is 5.29. The molecule has 1 aromatic carbocycles. The zero-order valence-electron chi connectivity index (χ0n) is 11.6. The molecule has 1 N–H and O–H groups in total. The van der Waals surface area contributed by atoms with Crippen LogP contribution in [0.3, 0.4) is 0 Å². The summed E-state index contributed by atoms with van der Waals surface area (Å²) in [5.41, 5.74) is 1.34. The van der Waals surface area contributed by atoms with Crippen molar-refractivity contribution in [3.05, 3.63) is 34.3 Å². The smallest absolute Gasteiger partial charge is 0.0616 e. The molecular formula is C15H24BrNO. The molecule has 0 radical (unpaired) electrons. The summed E-state index contributed by atoms with van der Waals surface area (Å²) in [7, 11) is 1.77. The summed E-state index contributed by atoms with van der Waals surface area (Å²) in [5, 5.41) is 3.70. The predicted octanol–water partition coefficient (Wildman–Crippen LogP) is 4.30. The Morgan fingerprint density at radius 3 is 2.67 bits per heavy atom. The number of methoxy groups -OCH3 is 1. The molecule has 3 heteroatoms. The van der Waals surface area contributed by atoms with Crippen LogP contribution >= 0.6 is 15.9 Å². The van der Waals surface area contributed by atoms with Crippen LogP contribution in [0, 0.1) is 0 Å². The second-order valence-corrected chi connectivity index (χ2v) is 5.54. The van der Waals surface area contributed by atoms with Crippen molar-refractivity contribution in [1.82, 2.24) is 5.32 Å². The summed E-state index contributed by atoms with van der Waals surface area (Å²) in [4.78, 5) is 0. The van der Waals surface area contributed by atoms with Gasteiger partial charge >= 0.3 is 0 Å². The fourth-order valence-corrected chi connectivity index (χ4v) is 2.64. The lowest BCUT2D eigenvalue weighted by atomic mass is 10.0. The second kappa shape index (κ2) is 8.68. The Kier molecular flexibility index (Phi) is 7.56. The predicted molar refractivity (Wildman–Crippen MR) is 80.9 cm³/mol. The van der Waals surface area contributed by atoms with E-state index >= 15 is 0 Å². The van der Waals surface area contributed by atoms with Crippen molar-refractivity contribution in [3.63, 3.8) is 0 Å². The highest BCUT2D eigenvalue weighted by molar-refractivity contribution is 9.10. The van der Waals surface area contributed by atoms with Gasteiger partial charge in [-0.1, -0.05) is 48.3 Å². The number of ether oxygens (including phenoxy) is 1. The van der Waals surface area contributed by atoms with Gasteiger partial charge in [-0.15, -0.1) is 0 Å². The van der Waals surface area contributed by atoms with Gasteiger partial charge in [0.1, 0.15) is 0 Å². The number of rotatable bonds is 8. The third kappa shape index (κ3) is 5.09. The van der Waals surface area contributed by atoms with Gasteiger partial charge in [0.05, 0.1) is 6.61 Å². The lowest BCUT2D eigenvalue weighted by Crippen LogP contribution is -2.36. The highest BCUT2D eigenvalue weighted by atomic mass is 79.9. The number of hydrogen-bond acceptors (Lipinski definition) is 2. The van der Waals surface area contributed by atoms with Crippen LogP contribution in [0.5, 0.6) is 0 Å². The van der Waals surface area contributed by atoms with E-state index in [4.69, 9.17) is 4.74 Å². The van der Waals surface area contributed by atoms with E-state index in [2.05, 4.69) is 59.4 Å². The van der Waals surface area contributed by atoms with Gasteiger partial charge in [-0.05, 0) is 30.5 Å². The van der Waals surface area contributed by atoms with Gasteiger partial charge < -0.3 is 10.1 Å². The first-order valence-corrected chi connectivity index (χ1v) is 7.51. The van der Waals surface area contributed by atoms with Gasteiger partial charge in [-0.3, -0.25) is 0 Å². The molecule has 2 unspecified atom stereocenters. The van der Waals surface area contributed by atoms with Crippen molar-refractivity contribution in [1.29, 1.82) is 0 Å². The molecule has 18 heavy (non-hydrogen) atoms. The van der Waals surface area contributed by atoms with Crippen LogP contribution in [0.15, 0.2) is 28.7 Å². The summed E-state index contributed by atoms with van der Waals surface area (Å²) in [6.45, 7) is 5.21. The molecule has 0 amide bonds. The normalized spacial score (nSPS) is 14.4. The minimum absolute atomic E-state index is 0.397. The maximum absolute atomic E-state index is 5.29. The van der Waals surface area contributed by atoms with E-state index in [1.54, 1.807) is 7.11 Å². The molecular weight excluding hydrogens is 290 g/mol. The molecule has 0 bridgehead atoms. The molecule has 2 atom stereocenters. The number of nitrogens with one attached hydrogen (secondary N) is 1. The molecule has 0 saturated carbocycles. The van der Waals surface area contributed by atoms with Crippen molar-refractivity contribution in [3.8, 4) is 0 Å². The summed E-state index contributed by atoms with van der Waals surface area (Å²) in [5.74, 6) is 0. The van der Waals surface area contributed by atoms with Crippen molar-refractivity contribution in [2.45, 2.75) is 45.2 Å². The summed E-state index contributed by atoms with van der Waals surface area (Å²) < 4.78 is 6.43. The fraction of sp³-hybridized carbons (Fsp3) is 0.600. The van der Waals surface area contributed by atoms with E-state index in [9.17, 15) is 0 Å². The van der Waals surface area contributed by atoms with E-state index in [-0.39, 0.29) is 0 Å². The Morgan fingerprint density at radius 2 is 2.11 bits per heavy atom. The fourth-order valence-electron chi connectivity index (χ4n) is 2.22. The number of halogens is 1. The Hall–Kier alpha value is -0.380. The monoisotopic (exact) mass is 313 g/mol. The zero-order valence-corrected chi connectivity index (χ0v) is 13.2. The molecule has 0 spiro atoms. The molecule has 1 rings (SSSR count). The van der Waals surface area contributed by atoms with E-state index in [0.29, 0.717) is 12.1 Å². The quantitative estimate of drug-likeness (QED) is 0.772. The molecule has 2 nitrogen and oxygen atoms in total. The molecule has 0 heterocycles. The Morgan fingerprint density at radius 1 is 1.33 bits per heavy atom. The van der Waals surface area contributed by atoms with Crippen molar-refractivity contribution >= 4 is 15.9 Å². The SMILES string of the molecule is CCCC(COC)NC(CC)c1cccc(Br)c1. The Bertz CT molecular complexity index is 337. The topological polar surface area (TPSA) is 21.3 Å². The van der Waals surface area contributed by atoms with Gasteiger partial charge in [-0.2, -0.15) is 0 Å². The Labute approximate surface area is 119 Å². The third-order valence-corrected chi connectivity index (χ3v) is 3.59. The van der Waals surface area contributed by atoms with E-state index < -0.39 is 0 Å². The van der Waals surface area contributed by atoms with Crippen LogP contribution in [0.2, 0.25) is 0 Å². The number of hydrogen-bond donors (Lipinski definition) is 1. The van der Waals surface area contributed by atoms with Crippen LogP contribution in [-0.4, -0.2) is 19.8 Å². The minimum atomic E-state index is 0.397. The third-order valence-electron chi connectivity index (χ3n) is 3.10. The molecule has 102 valence electrons. The zero-order chi connectivity index (χ0) is 13.4. The summed E-state index contributed by atoms with van der Waals surface area (Å²) in [6, 6.07) is 9.36. The van der Waals surface area contributed by atoms with Crippen LogP contribution < -0.4 is 5.32 Å². The maximum Gasteiger partial charge on any atom is 0.0616 e. The molecule has 0 aliphatic carbocycles. The first-order chi connectivity index (χ1) is 8.71. The van der Waals surface area contributed by atoms with E-state index in [1.807, 2.05) is 0 Å². The van der Waals surface area contributed by atoms with E-state index in [0.717, 1.165) is 23.9 Å². The summed E-state index contributed by atoms with van der Waals surface area (Å²) >= 11 is 3.53. The van der Waals surface area contributed by atoms with Gasteiger partial charge in [0.15, 0.2) is 0 Å². The largest absolute Gasteiger partial charge is 0.383 e. The van der Waals surface area contributed by atoms with Gasteiger partial charge in [0, 0.05) is 23.7 Å². The van der Waals surface area contributed by atoms with Gasteiger partial charge in [0.25, 0.3) is 0 Å². The van der Waals surface area contributed by atoms with Crippen LogP contribution in [0.1, 0.15) is 44.7 Å². The Balaban J connectivity index is 2.70. The lowest BCUT2D eigenvalue weighted by Gasteiger charge is -2.25. The first-order valence-electron chi connectivity index (χ1n) is 6.71. The highest BCUT2D eigenvalue weighted by Gasteiger charge is 2.15. The van der Waals surface area contributed by atoms with Crippen LogP contribution in [0.4, 0.5) is 0 Å². The van der Waals surface area contributed by atoms with Gasteiger partial charge in [0.2, 0.25) is 0 Å². The van der Waals surface area contributed by atoms with Crippen molar-refractivity contribution < 1.29 is 4.74 Å². The second-order valence-electron chi connectivity index (χ2n) is 4.62. The highest BCUT2D eigenvalue weighted by Crippen LogP contribution is 2.21. The van der Waals surface area contributed by atoms with Crippen LogP contribution in [-0.2, 0) is 4.74 Å². The average Bonchev–Trinajstić information content (AvgIpc) is 2.36. The van der Waals surface area contributed by atoms with Crippen molar-refractivity contribution in [2.75, 3.05) is 13.7 Å². The average molecular weight is 314 g/mol. The first kappa shape index (κ1) is 15.7. The standard InChI is InChI=1S/C15H24BrNO/c1-4-7-14(11-18-3)17-15(5-2)12-8-6-9-13(16)10-12/h6,8-10,14-15,17H,4-5,7,11H2,1-3H3. The molecule has 0 saturated heterocycles. The molecule has 0 fully saturated rings. The molecule has 1 aromatic rings.